The molecule has 0 bridgehead atoms. The van der Waals surface area contributed by atoms with Crippen LogP contribution >= 0.6 is 0 Å². The Kier molecular flexibility index (Phi) is 3.70. The van der Waals surface area contributed by atoms with Gasteiger partial charge in [-0.15, -0.1) is 0 Å². The number of nitrogens with one attached hydrogen (secondary N) is 4. The Balaban J connectivity index is 1.67. The summed E-state index contributed by atoms with van der Waals surface area (Å²) < 4.78 is 29.1. The van der Waals surface area contributed by atoms with Gasteiger partial charge in [0.1, 0.15) is 5.65 Å². The molecule has 0 aromatic carbocycles. The first kappa shape index (κ1) is 13.5. The van der Waals surface area contributed by atoms with Crippen LogP contribution in [-0.4, -0.2) is 37.5 Å². The molecule has 1 atom stereocenters. The number of hydrogen-bond donors (Lipinski definition) is 4. The van der Waals surface area contributed by atoms with E-state index in [1.807, 2.05) is 12.1 Å². The standard InChI is InChI=1S/C12H17N5O2S/c18-20(19,17-10-2-4-13-8-10)16-7-9-1-5-14-12-11(9)3-6-15-12/h1,3,5-6,10,13,16-17H,2,4,7-8H2,(H,14,15). The van der Waals surface area contributed by atoms with Crippen LogP contribution in [0.25, 0.3) is 11.0 Å². The first-order valence-electron chi connectivity index (χ1n) is 6.53. The fourth-order valence-corrected chi connectivity index (χ4v) is 3.43. The molecule has 0 amide bonds. The molecule has 20 heavy (non-hydrogen) atoms. The Morgan fingerprint density at radius 2 is 2.30 bits per heavy atom. The Morgan fingerprint density at radius 1 is 1.40 bits per heavy atom. The Bertz CT molecular complexity index is 691. The smallest absolute Gasteiger partial charge is 0.277 e. The lowest BCUT2D eigenvalue weighted by Gasteiger charge is -2.13. The lowest BCUT2D eigenvalue weighted by Crippen LogP contribution is -2.43. The van der Waals surface area contributed by atoms with Gasteiger partial charge in [-0.25, -0.2) is 4.98 Å². The van der Waals surface area contributed by atoms with E-state index in [9.17, 15) is 8.42 Å². The molecule has 2 aromatic rings. The van der Waals surface area contributed by atoms with Gasteiger partial charge in [-0.05, 0) is 30.7 Å². The van der Waals surface area contributed by atoms with E-state index in [1.165, 1.54) is 0 Å². The molecule has 0 aliphatic carbocycles. The van der Waals surface area contributed by atoms with E-state index < -0.39 is 10.2 Å². The molecule has 108 valence electrons. The second kappa shape index (κ2) is 5.49. The minimum Gasteiger partial charge on any atom is -0.346 e. The molecule has 0 radical (unpaired) electrons. The monoisotopic (exact) mass is 295 g/mol. The summed E-state index contributed by atoms with van der Waals surface area (Å²) in [5.74, 6) is 0. The average Bonchev–Trinajstić information content (AvgIpc) is 3.06. The Labute approximate surface area is 117 Å². The number of aromatic nitrogens is 2. The predicted octanol–water partition coefficient (Wildman–Crippen LogP) is -0.151. The van der Waals surface area contributed by atoms with Gasteiger partial charge in [0.2, 0.25) is 0 Å². The zero-order chi connectivity index (χ0) is 14.0. The zero-order valence-electron chi connectivity index (χ0n) is 10.9. The van der Waals surface area contributed by atoms with Gasteiger partial charge in [0.25, 0.3) is 10.2 Å². The van der Waals surface area contributed by atoms with Crippen LogP contribution in [-0.2, 0) is 16.8 Å². The van der Waals surface area contributed by atoms with Gasteiger partial charge in [0, 0.05) is 36.9 Å². The quantitative estimate of drug-likeness (QED) is 0.616. The molecule has 1 aliphatic rings. The molecule has 1 fully saturated rings. The van der Waals surface area contributed by atoms with Crippen molar-refractivity contribution in [2.75, 3.05) is 13.1 Å². The largest absolute Gasteiger partial charge is 0.346 e. The fraction of sp³-hybridized carbons (Fsp3) is 0.417. The van der Waals surface area contributed by atoms with E-state index >= 15 is 0 Å². The number of rotatable bonds is 5. The summed E-state index contributed by atoms with van der Waals surface area (Å²) in [6, 6.07) is 3.67. The summed E-state index contributed by atoms with van der Waals surface area (Å²) in [7, 11) is -3.49. The van der Waals surface area contributed by atoms with Crippen molar-refractivity contribution in [3.05, 3.63) is 30.1 Å². The molecule has 4 N–H and O–H groups in total. The van der Waals surface area contributed by atoms with Gasteiger partial charge in [-0.2, -0.15) is 17.9 Å². The number of H-pyrrole nitrogens is 1. The van der Waals surface area contributed by atoms with Crippen molar-refractivity contribution in [3.63, 3.8) is 0 Å². The lowest BCUT2D eigenvalue weighted by molar-refractivity contribution is 0.546. The van der Waals surface area contributed by atoms with Crippen LogP contribution < -0.4 is 14.8 Å². The van der Waals surface area contributed by atoms with Crippen LogP contribution in [0.2, 0.25) is 0 Å². The number of pyridine rings is 1. The van der Waals surface area contributed by atoms with Crippen molar-refractivity contribution in [3.8, 4) is 0 Å². The average molecular weight is 295 g/mol. The summed E-state index contributed by atoms with van der Waals surface area (Å²) in [5.41, 5.74) is 1.65. The Hall–Kier alpha value is -1.48. The summed E-state index contributed by atoms with van der Waals surface area (Å²) >= 11 is 0. The SMILES string of the molecule is O=S(=O)(NCc1ccnc2[nH]ccc12)NC1CCNC1. The molecule has 1 saturated heterocycles. The highest BCUT2D eigenvalue weighted by Gasteiger charge is 2.20. The van der Waals surface area contributed by atoms with Gasteiger partial charge < -0.3 is 10.3 Å². The van der Waals surface area contributed by atoms with E-state index in [2.05, 4.69) is 24.7 Å². The van der Waals surface area contributed by atoms with Gasteiger partial charge in [-0.1, -0.05) is 0 Å². The maximum atomic E-state index is 12.0. The molecule has 3 rings (SSSR count). The van der Waals surface area contributed by atoms with Gasteiger partial charge in [0.05, 0.1) is 0 Å². The zero-order valence-corrected chi connectivity index (χ0v) is 11.7. The molecule has 0 saturated carbocycles. The second-order valence-corrected chi connectivity index (χ2v) is 6.37. The summed E-state index contributed by atoms with van der Waals surface area (Å²) in [6.45, 7) is 1.77. The van der Waals surface area contributed by atoms with Crippen molar-refractivity contribution in [1.29, 1.82) is 0 Å². The Morgan fingerprint density at radius 3 is 3.10 bits per heavy atom. The van der Waals surface area contributed by atoms with Crippen LogP contribution in [0.15, 0.2) is 24.5 Å². The van der Waals surface area contributed by atoms with Crippen molar-refractivity contribution < 1.29 is 8.42 Å². The molecular weight excluding hydrogens is 278 g/mol. The maximum absolute atomic E-state index is 12.0. The highest BCUT2D eigenvalue weighted by atomic mass is 32.2. The summed E-state index contributed by atoms with van der Waals surface area (Å²) in [6.07, 6.45) is 4.27. The lowest BCUT2D eigenvalue weighted by atomic mass is 10.2. The van der Waals surface area contributed by atoms with Crippen LogP contribution in [0.1, 0.15) is 12.0 Å². The van der Waals surface area contributed by atoms with Gasteiger partial charge in [0.15, 0.2) is 0 Å². The van der Waals surface area contributed by atoms with E-state index in [0.717, 1.165) is 29.6 Å². The van der Waals surface area contributed by atoms with Crippen molar-refractivity contribution >= 4 is 21.2 Å². The summed E-state index contributed by atoms with van der Waals surface area (Å²) in [4.78, 5) is 7.18. The van der Waals surface area contributed by atoms with Crippen LogP contribution in [0, 0.1) is 0 Å². The van der Waals surface area contributed by atoms with E-state index in [-0.39, 0.29) is 12.6 Å². The molecule has 7 nitrogen and oxygen atoms in total. The highest BCUT2D eigenvalue weighted by molar-refractivity contribution is 7.87. The third kappa shape index (κ3) is 2.98. The molecule has 1 unspecified atom stereocenters. The minimum absolute atomic E-state index is 0.0304. The van der Waals surface area contributed by atoms with E-state index in [0.29, 0.717) is 6.54 Å². The molecule has 0 spiro atoms. The molecular formula is C12H17N5O2S. The molecule has 8 heteroatoms. The van der Waals surface area contributed by atoms with Gasteiger partial charge >= 0.3 is 0 Å². The molecule has 1 aliphatic heterocycles. The predicted molar refractivity (Wildman–Crippen MR) is 76.3 cm³/mol. The normalized spacial score (nSPS) is 19.7. The van der Waals surface area contributed by atoms with Crippen molar-refractivity contribution in [2.24, 2.45) is 0 Å². The number of hydrogen-bond acceptors (Lipinski definition) is 4. The topological polar surface area (TPSA) is 98.9 Å². The fourth-order valence-electron chi connectivity index (χ4n) is 2.36. The number of nitrogens with zero attached hydrogens (tertiary/aromatic N) is 1. The van der Waals surface area contributed by atoms with Crippen molar-refractivity contribution in [2.45, 2.75) is 19.0 Å². The van der Waals surface area contributed by atoms with Crippen LogP contribution in [0.5, 0.6) is 0 Å². The maximum Gasteiger partial charge on any atom is 0.277 e. The third-order valence-electron chi connectivity index (χ3n) is 3.39. The number of fused-ring (bicyclic) bond motifs is 1. The van der Waals surface area contributed by atoms with Crippen LogP contribution in [0.4, 0.5) is 0 Å². The second-order valence-electron chi connectivity index (χ2n) is 4.84. The first-order valence-corrected chi connectivity index (χ1v) is 8.01. The van der Waals surface area contributed by atoms with E-state index in [1.54, 1.807) is 12.4 Å². The number of aromatic amines is 1. The summed E-state index contributed by atoms with van der Waals surface area (Å²) in [5, 5.41) is 4.05. The van der Waals surface area contributed by atoms with Crippen LogP contribution in [0.3, 0.4) is 0 Å². The highest BCUT2D eigenvalue weighted by Crippen LogP contribution is 2.14. The minimum atomic E-state index is -3.49. The van der Waals surface area contributed by atoms with Gasteiger partial charge in [-0.3, -0.25) is 0 Å². The van der Waals surface area contributed by atoms with Crippen molar-refractivity contribution in [1.82, 2.24) is 24.7 Å². The third-order valence-corrected chi connectivity index (χ3v) is 4.55. The molecule has 2 aromatic heterocycles. The first-order chi connectivity index (χ1) is 9.64. The van der Waals surface area contributed by atoms with E-state index in [4.69, 9.17) is 0 Å². The molecule has 3 heterocycles.